The third kappa shape index (κ3) is 4.70. The van der Waals surface area contributed by atoms with E-state index in [9.17, 15) is 22.8 Å². The topological polar surface area (TPSA) is 43.4 Å². The number of ether oxygens (including phenoxy) is 1. The van der Waals surface area contributed by atoms with Gasteiger partial charge in [0.2, 0.25) is 0 Å². The standard InChI is InChI=1S/C13H10ClF3O3/c1-20-12(19)7-9(18)4-2-8-3-5-11(14)10(6-8)13(15,16)17/h2-6H,7H2,1H3. The van der Waals surface area contributed by atoms with Gasteiger partial charge in [0.1, 0.15) is 6.42 Å². The molecule has 0 N–H and O–H groups in total. The van der Waals surface area contributed by atoms with Crippen molar-refractivity contribution in [1.82, 2.24) is 0 Å². The van der Waals surface area contributed by atoms with Gasteiger partial charge in [0, 0.05) is 0 Å². The Labute approximate surface area is 118 Å². The summed E-state index contributed by atoms with van der Waals surface area (Å²) in [5, 5.41) is -0.421. The summed E-state index contributed by atoms with van der Waals surface area (Å²) in [5.74, 6) is -1.29. The average Bonchev–Trinajstić information content (AvgIpc) is 2.36. The summed E-state index contributed by atoms with van der Waals surface area (Å²) < 4.78 is 42.1. The molecule has 0 atom stereocenters. The van der Waals surface area contributed by atoms with E-state index in [-0.39, 0.29) is 5.56 Å². The molecular weight excluding hydrogens is 297 g/mol. The molecule has 0 aliphatic carbocycles. The van der Waals surface area contributed by atoms with Crippen LogP contribution in [0.5, 0.6) is 0 Å². The zero-order chi connectivity index (χ0) is 15.3. The molecule has 1 aromatic rings. The quantitative estimate of drug-likeness (QED) is 0.486. The lowest BCUT2D eigenvalue weighted by Gasteiger charge is -2.09. The third-order valence-electron chi connectivity index (χ3n) is 2.30. The Hall–Kier alpha value is -1.82. The molecule has 0 fully saturated rings. The lowest BCUT2D eigenvalue weighted by molar-refractivity contribution is -0.142. The van der Waals surface area contributed by atoms with Crippen LogP contribution in [0.1, 0.15) is 17.5 Å². The smallest absolute Gasteiger partial charge is 0.417 e. The molecule has 0 heterocycles. The first-order chi connectivity index (χ1) is 9.24. The highest BCUT2D eigenvalue weighted by atomic mass is 35.5. The number of benzene rings is 1. The normalized spacial score (nSPS) is 11.7. The highest BCUT2D eigenvalue weighted by molar-refractivity contribution is 6.31. The minimum absolute atomic E-state index is 0.153. The van der Waals surface area contributed by atoms with Crippen LogP contribution in [0, 0.1) is 0 Å². The van der Waals surface area contributed by atoms with Gasteiger partial charge in [0.25, 0.3) is 0 Å². The zero-order valence-electron chi connectivity index (χ0n) is 10.3. The van der Waals surface area contributed by atoms with Crippen LogP contribution in [0.4, 0.5) is 13.2 Å². The highest BCUT2D eigenvalue weighted by Crippen LogP contribution is 2.35. The number of hydrogen-bond acceptors (Lipinski definition) is 3. The first-order valence-corrected chi connectivity index (χ1v) is 5.76. The fourth-order valence-corrected chi connectivity index (χ4v) is 1.55. The maximum absolute atomic E-state index is 12.6. The summed E-state index contributed by atoms with van der Waals surface area (Å²) in [6.07, 6.45) is -2.85. The van der Waals surface area contributed by atoms with E-state index in [1.54, 1.807) is 0 Å². The lowest BCUT2D eigenvalue weighted by Crippen LogP contribution is -2.07. The molecule has 0 radical (unpaired) electrons. The number of halogens is 4. The second-order valence-electron chi connectivity index (χ2n) is 3.79. The van der Waals surface area contributed by atoms with Gasteiger partial charge in [-0.2, -0.15) is 13.2 Å². The van der Waals surface area contributed by atoms with E-state index in [4.69, 9.17) is 11.6 Å². The number of allylic oxidation sites excluding steroid dienone is 1. The van der Waals surface area contributed by atoms with Crippen LogP contribution >= 0.6 is 11.6 Å². The monoisotopic (exact) mass is 306 g/mol. The molecule has 1 rings (SSSR count). The molecule has 108 valence electrons. The molecule has 0 amide bonds. The summed E-state index contributed by atoms with van der Waals surface area (Å²) in [6, 6.07) is 3.25. The molecule has 0 spiro atoms. The molecule has 0 unspecified atom stereocenters. The van der Waals surface area contributed by atoms with E-state index in [0.29, 0.717) is 0 Å². The Balaban J connectivity index is 2.89. The van der Waals surface area contributed by atoms with Crippen molar-refractivity contribution in [3.63, 3.8) is 0 Å². The van der Waals surface area contributed by atoms with E-state index in [2.05, 4.69) is 4.74 Å². The number of carbonyl (C=O) groups is 2. The van der Waals surface area contributed by atoms with Gasteiger partial charge in [0.15, 0.2) is 5.78 Å². The molecule has 0 saturated carbocycles. The Morgan fingerprint density at radius 1 is 1.35 bits per heavy atom. The molecule has 0 aliphatic rings. The van der Waals surface area contributed by atoms with Crippen molar-refractivity contribution in [2.75, 3.05) is 7.11 Å². The number of methoxy groups -OCH3 is 1. The van der Waals surface area contributed by atoms with Crippen LogP contribution in [-0.4, -0.2) is 18.9 Å². The van der Waals surface area contributed by atoms with Gasteiger partial charge in [-0.1, -0.05) is 23.7 Å². The zero-order valence-corrected chi connectivity index (χ0v) is 11.1. The maximum atomic E-state index is 12.6. The molecule has 20 heavy (non-hydrogen) atoms. The van der Waals surface area contributed by atoms with E-state index < -0.39 is 34.9 Å². The Morgan fingerprint density at radius 2 is 2.00 bits per heavy atom. The van der Waals surface area contributed by atoms with Crippen LogP contribution in [0.15, 0.2) is 24.3 Å². The van der Waals surface area contributed by atoms with Crippen molar-refractivity contribution in [3.8, 4) is 0 Å². The van der Waals surface area contributed by atoms with Gasteiger partial charge in [-0.3, -0.25) is 9.59 Å². The molecule has 0 bridgehead atoms. The van der Waals surface area contributed by atoms with Crippen molar-refractivity contribution in [1.29, 1.82) is 0 Å². The highest BCUT2D eigenvalue weighted by Gasteiger charge is 2.33. The summed E-state index contributed by atoms with van der Waals surface area (Å²) >= 11 is 5.46. The van der Waals surface area contributed by atoms with Crippen LogP contribution in [0.3, 0.4) is 0 Å². The fraction of sp³-hybridized carbons (Fsp3) is 0.231. The predicted octanol–water partition coefficient (Wildman–Crippen LogP) is 3.50. The second kappa shape index (κ2) is 6.56. The summed E-state index contributed by atoms with van der Waals surface area (Å²) in [5.41, 5.74) is -0.832. The SMILES string of the molecule is COC(=O)CC(=O)C=Cc1ccc(Cl)c(C(F)(F)F)c1. The van der Waals surface area contributed by atoms with E-state index in [0.717, 1.165) is 25.3 Å². The van der Waals surface area contributed by atoms with Gasteiger partial charge < -0.3 is 4.74 Å². The number of alkyl halides is 3. The summed E-state index contributed by atoms with van der Waals surface area (Å²) in [6.45, 7) is 0. The number of hydrogen-bond donors (Lipinski definition) is 0. The summed E-state index contributed by atoms with van der Waals surface area (Å²) in [7, 11) is 1.13. The predicted molar refractivity (Wildman–Crippen MR) is 67.1 cm³/mol. The molecule has 0 aromatic heterocycles. The minimum Gasteiger partial charge on any atom is -0.469 e. The minimum atomic E-state index is -4.57. The van der Waals surface area contributed by atoms with Crippen molar-refractivity contribution in [2.45, 2.75) is 12.6 Å². The molecule has 0 saturated heterocycles. The fourth-order valence-electron chi connectivity index (χ4n) is 1.33. The number of ketones is 1. The van der Waals surface area contributed by atoms with Gasteiger partial charge in [0.05, 0.1) is 17.7 Å². The van der Waals surface area contributed by atoms with Crippen molar-refractivity contribution >= 4 is 29.4 Å². The van der Waals surface area contributed by atoms with Crippen LogP contribution in [0.25, 0.3) is 6.08 Å². The van der Waals surface area contributed by atoms with Crippen molar-refractivity contribution in [2.24, 2.45) is 0 Å². The molecule has 7 heteroatoms. The summed E-state index contributed by atoms with van der Waals surface area (Å²) in [4.78, 5) is 22.1. The van der Waals surface area contributed by atoms with Crippen molar-refractivity contribution < 1.29 is 27.5 Å². The Kier molecular flexibility index (Phi) is 5.33. The van der Waals surface area contributed by atoms with E-state index in [1.165, 1.54) is 12.1 Å². The first kappa shape index (κ1) is 16.2. The Bertz CT molecular complexity index is 550. The average molecular weight is 307 g/mol. The molecular formula is C13H10ClF3O3. The third-order valence-corrected chi connectivity index (χ3v) is 2.63. The number of esters is 1. The van der Waals surface area contributed by atoms with Gasteiger partial charge >= 0.3 is 12.1 Å². The molecule has 0 aliphatic heterocycles. The molecule has 1 aromatic carbocycles. The first-order valence-electron chi connectivity index (χ1n) is 5.38. The lowest BCUT2D eigenvalue weighted by atomic mass is 10.1. The van der Waals surface area contributed by atoms with Gasteiger partial charge in [-0.15, -0.1) is 0 Å². The van der Waals surface area contributed by atoms with E-state index in [1.807, 2.05) is 0 Å². The van der Waals surface area contributed by atoms with Gasteiger partial charge in [-0.05, 0) is 23.8 Å². The van der Waals surface area contributed by atoms with Crippen LogP contribution in [-0.2, 0) is 20.5 Å². The molecule has 3 nitrogen and oxygen atoms in total. The largest absolute Gasteiger partial charge is 0.469 e. The second-order valence-corrected chi connectivity index (χ2v) is 4.20. The number of rotatable bonds is 4. The van der Waals surface area contributed by atoms with Gasteiger partial charge in [-0.25, -0.2) is 0 Å². The Morgan fingerprint density at radius 3 is 2.55 bits per heavy atom. The van der Waals surface area contributed by atoms with Crippen LogP contribution < -0.4 is 0 Å². The maximum Gasteiger partial charge on any atom is 0.417 e. The van der Waals surface area contributed by atoms with Crippen LogP contribution in [0.2, 0.25) is 5.02 Å². The van der Waals surface area contributed by atoms with Crippen molar-refractivity contribution in [3.05, 3.63) is 40.4 Å². The van der Waals surface area contributed by atoms with E-state index >= 15 is 0 Å². The number of carbonyl (C=O) groups excluding carboxylic acids is 2.